The Morgan fingerprint density at radius 1 is 1.35 bits per heavy atom. The third-order valence-electron chi connectivity index (χ3n) is 5.90. The molecule has 3 rings (SSSR count). The van der Waals surface area contributed by atoms with E-state index >= 15 is 0 Å². The fourth-order valence-corrected chi connectivity index (χ4v) is 4.35. The maximum atomic E-state index is 12.9. The minimum absolute atomic E-state index is 0.0629. The van der Waals surface area contributed by atoms with Crippen LogP contribution in [0.1, 0.15) is 57.2 Å². The Labute approximate surface area is 139 Å². The summed E-state index contributed by atoms with van der Waals surface area (Å²) in [6.07, 6.45) is 12.7. The van der Waals surface area contributed by atoms with Gasteiger partial charge in [0.05, 0.1) is 0 Å². The van der Waals surface area contributed by atoms with Crippen LogP contribution in [0, 0.1) is 12.3 Å². The highest BCUT2D eigenvalue weighted by molar-refractivity contribution is 5.77. The normalized spacial score (nSPS) is 24.1. The lowest BCUT2D eigenvalue weighted by molar-refractivity contribution is -0.135. The molecule has 2 fully saturated rings. The molecule has 128 valence electrons. The Morgan fingerprint density at radius 2 is 2.13 bits per heavy atom. The number of likely N-dealkylation sites (tertiary alicyclic amines) is 1. The second-order valence-corrected chi connectivity index (χ2v) is 7.45. The molecule has 1 saturated heterocycles. The van der Waals surface area contributed by atoms with Crippen LogP contribution in [0.25, 0.3) is 0 Å². The third-order valence-corrected chi connectivity index (χ3v) is 5.90. The van der Waals surface area contributed by atoms with Crippen LogP contribution in [0.15, 0.2) is 12.4 Å². The van der Waals surface area contributed by atoms with E-state index in [1.165, 1.54) is 19.3 Å². The summed E-state index contributed by atoms with van der Waals surface area (Å²) in [6, 6.07) is 0.314. The first kappa shape index (κ1) is 16.5. The molecule has 1 aromatic rings. The predicted molar refractivity (Wildman–Crippen MR) is 90.9 cm³/mol. The molecule has 0 bridgehead atoms. The highest BCUT2D eigenvalue weighted by Crippen LogP contribution is 2.39. The molecular weight excluding hydrogens is 288 g/mol. The van der Waals surface area contributed by atoms with Crippen molar-refractivity contribution in [2.75, 3.05) is 13.1 Å². The molecule has 5 nitrogen and oxygen atoms in total. The quantitative estimate of drug-likeness (QED) is 0.907. The Kier molecular flexibility index (Phi) is 5.05. The van der Waals surface area contributed by atoms with Gasteiger partial charge in [0.1, 0.15) is 5.82 Å². The number of carbonyl (C=O) groups excluding carboxylic acids is 1. The Bertz CT molecular complexity index is 533. The van der Waals surface area contributed by atoms with Crippen molar-refractivity contribution in [3.63, 3.8) is 0 Å². The first-order valence-electron chi connectivity index (χ1n) is 9.11. The number of hydrogen-bond acceptors (Lipinski definition) is 3. The van der Waals surface area contributed by atoms with Crippen molar-refractivity contribution in [2.24, 2.45) is 11.1 Å². The molecule has 2 heterocycles. The van der Waals surface area contributed by atoms with Gasteiger partial charge >= 0.3 is 0 Å². The van der Waals surface area contributed by atoms with Crippen molar-refractivity contribution in [1.82, 2.24) is 14.5 Å². The number of imidazole rings is 1. The van der Waals surface area contributed by atoms with Gasteiger partial charge in [-0.2, -0.15) is 0 Å². The summed E-state index contributed by atoms with van der Waals surface area (Å²) < 4.78 is 2.16. The van der Waals surface area contributed by atoms with Crippen LogP contribution in [-0.4, -0.2) is 39.5 Å². The minimum Gasteiger partial charge on any atom is -0.338 e. The maximum absolute atomic E-state index is 12.9. The molecule has 23 heavy (non-hydrogen) atoms. The zero-order valence-electron chi connectivity index (χ0n) is 14.3. The standard InChI is InChI=1S/C18H30N4O/c1-15-20-9-11-21(15)13-16-6-5-10-22(16)17(23)12-18(14-19)7-3-2-4-8-18/h9,11,16H,2-8,10,12-14,19H2,1H3. The average Bonchev–Trinajstić information content (AvgIpc) is 3.18. The Morgan fingerprint density at radius 3 is 2.78 bits per heavy atom. The largest absolute Gasteiger partial charge is 0.338 e. The summed E-state index contributed by atoms with van der Waals surface area (Å²) in [7, 11) is 0. The molecule has 2 aliphatic rings. The lowest BCUT2D eigenvalue weighted by Crippen LogP contribution is -2.43. The van der Waals surface area contributed by atoms with Gasteiger partial charge in [0, 0.05) is 37.9 Å². The molecule has 1 unspecified atom stereocenters. The second-order valence-electron chi connectivity index (χ2n) is 7.45. The molecule has 5 heteroatoms. The number of aromatic nitrogens is 2. The number of amides is 1. The van der Waals surface area contributed by atoms with Gasteiger partial charge in [-0.25, -0.2) is 4.98 Å². The molecule has 1 aromatic heterocycles. The smallest absolute Gasteiger partial charge is 0.223 e. The van der Waals surface area contributed by atoms with E-state index in [1.54, 1.807) is 0 Å². The zero-order chi connectivity index (χ0) is 16.3. The van der Waals surface area contributed by atoms with E-state index in [1.807, 2.05) is 19.3 Å². The highest BCUT2D eigenvalue weighted by Gasteiger charge is 2.37. The first-order valence-corrected chi connectivity index (χ1v) is 9.11. The summed E-state index contributed by atoms with van der Waals surface area (Å²) in [6.45, 7) is 4.44. The van der Waals surface area contributed by atoms with E-state index in [0.29, 0.717) is 24.9 Å². The van der Waals surface area contributed by atoms with E-state index < -0.39 is 0 Å². The topological polar surface area (TPSA) is 64.2 Å². The van der Waals surface area contributed by atoms with E-state index in [2.05, 4.69) is 14.5 Å². The first-order chi connectivity index (χ1) is 11.1. The monoisotopic (exact) mass is 318 g/mol. The van der Waals surface area contributed by atoms with Gasteiger partial charge in [-0.1, -0.05) is 19.3 Å². The lowest BCUT2D eigenvalue weighted by Gasteiger charge is -2.37. The van der Waals surface area contributed by atoms with Crippen molar-refractivity contribution in [3.8, 4) is 0 Å². The molecule has 1 saturated carbocycles. The van der Waals surface area contributed by atoms with Gasteiger partial charge in [0.25, 0.3) is 0 Å². The number of carbonyl (C=O) groups is 1. The predicted octanol–water partition coefficient (Wildman–Crippen LogP) is 2.48. The molecule has 0 aromatic carbocycles. The van der Waals surface area contributed by atoms with Crippen LogP contribution < -0.4 is 5.73 Å². The van der Waals surface area contributed by atoms with E-state index in [-0.39, 0.29) is 5.41 Å². The Hall–Kier alpha value is -1.36. The fourth-order valence-electron chi connectivity index (χ4n) is 4.35. The van der Waals surface area contributed by atoms with Gasteiger partial charge in [-0.15, -0.1) is 0 Å². The van der Waals surface area contributed by atoms with Gasteiger partial charge in [-0.3, -0.25) is 4.79 Å². The number of nitrogens with two attached hydrogens (primary N) is 1. The minimum atomic E-state index is 0.0629. The van der Waals surface area contributed by atoms with E-state index in [0.717, 1.165) is 44.6 Å². The average molecular weight is 318 g/mol. The molecule has 0 spiro atoms. The number of aryl methyl sites for hydroxylation is 1. The molecule has 0 radical (unpaired) electrons. The summed E-state index contributed by atoms with van der Waals surface area (Å²) in [5, 5.41) is 0. The molecule has 2 N–H and O–H groups in total. The van der Waals surface area contributed by atoms with Crippen molar-refractivity contribution in [2.45, 2.75) is 70.9 Å². The number of hydrogen-bond donors (Lipinski definition) is 1. The zero-order valence-corrected chi connectivity index (χ0v) is 14.3. The van der Waals surface area contributed by atoms with Gasteiger partial charge < -0.3 is 15.2 Å². The summed E-state index contributed by atoms with van der Waals surface area (Å²) >= 11 is 0. The van der Waals surface area contributed by atoms with E-state index in [4.69, 9.17) is 5.73 Å². The van der Waals surface area contributed by atoms with Crippen molar-refractivity contribution in [3.05, 3.63) is 18.2 Å². The summed E-state index contributed by atoms with van der Waals surface area (Å²) in [4.78, 5) is 19.4. The van der Waals surface area contributed by atoms with Gasteiger partial charge in [0.2, 0.25) is 5.91 Å². The maximum Gasteiger partial charge on any atom is 0.223 e. The fraction of sp³-hybridized carbons (Fsp3) is 0.778. The Balaban J connectivity index is 1.64. The van der Waals surface area contributed by atoms with Crippen LogP contribution in [0.2, 0.25) is 0 Å². The molecule has 1 atom stereocenters. The molecule has 1 aliphatic carbocycles. The van der Waals surface area contributed by atoms with Gasteiger partial charge in [0.15, 0.2) is 0 Å². The van der Waals surface area contributed by atoms with E-state index in [9.17, 15) is 4.79 Å². The number of nitrogens with zero attached hydrogens (tertiary/aromatic N) is 3. The highest BCUT2D eigenvalue weighted by atomic mass is 16.2. The lowest BCUT2D eigenvalue weighted by atomic mass is 9.71. The molecule has 1 amide bonds. The number of rotatable bonds is 5. The van der Waals surface area contributed by atoms with Crippen LogP contribution in [-0.2, 0) is 11.3 Å². The van der Waals surface area contributed by atoms with Gasteiger partial charge in [-0.05, 0) is 44.6 Å². The van der Waals surface area contributed by atoms with Crippen LogP contribution in [0.4, 0.5) is 0 Å². The SMILES string of the molecule is Cc1nccn1CC1CCCN1C(=O)CC1(CN)CCCCC1. The van der Waals surface area contributed by atoms with Crippen LogP contribution >= 0.6 is 0 Å². The summed E-state index contributed by atoms with van der Waals surface area (Å²) in [5.74, 6) is 1.34. The van der Waals surface area contributed by atoms with Crippen molar-refractivity contribution < 1.29 is 4.79 Å². The van der Waals surface area contributed by atoms with Crippen LogP contribution in [0.3, 0.4) is 0 Å². The third kappa shape index (κ3) is 3.60. The van der Waals surface area contributed by atoms with Crippen molar-refractivity contribution in [1.29, 1.82) is 0 Å². The molecular formula is C18H30N4O. The van der Waals surface area contributed by atoms with Crippen molar-refractivity contribution >= 4 is 5.91 Å². The summed E-state index contributed by atoms with van der Waals surface area (Å²) in [5.41, 5.74) is 6.13. The molecule has 1 aliphatic heterocycles. The van der Waals surface area contributed by atoms with Crippen LogP contribution in [0.5, 0.6) is 0 Å². The second kappa shape index (κ2) is 7.04.